The third-order valence-electron chi connectivity index (χ3n) is 4.50. The summed E-state index contributed by atoms with van der Waals surface area (Å²) in [5.41, 5.74) is 5.47. The number of carbonyl (C=O) groups excluding carboxylic acids is 1. The SMILES string of the molecule is CCC(C)(C)C(=O)NC1(CN)CCC(C)CC1. The summed E-state index contributed by atoms with van der Waals surface area (Å²) in [6.07, 6.45) is 5.25. The Morgan fingerprint density at radius 1 is 1.41 bits per heavy atom. The summed E-state index contributed by atoms with van der Waals surface area (Å²) < 4.78 is 0. The number of hydrogen-bond donors (Lipinski definition) is 2. The van der Waals surface area contributed by atoms with Crippen LogP contribution in [-0.4, -0.2) is 18.0 Å². The van der Waals surface area contributed by atoms with Gasteiger partial charge in [-0.05, 0) is 38.0 Å². The molecule has 0 aromatic rings. The van der Waals surface area contributed by atoms with Gasteiger partial charge in [-0.2, -0.15) is 0 Å². The van der Waals surface area contributed by atoms with Crippen molar-refractivity contribution in [2.75, 3.05) is 6.54 Å². The second kappa shape index (κ2) is 5.38. The molecule has 0 heterocycles. The molecule has 1 amide bonds. The van der Waals surface area contributed by atoms with Crippen LogP contribution in [0.2, 0.25) is 0 Å². The van der Waals surface area contributed by atoms with Crippen molar-refractivity contribution >= 4 is 5.91 Å². The summed E-state index contributed by atoms with van der Waals surface area (Å²) in [5, 5.41) is 3.23. The van der Waals surface area contributed by atoms with Crippen LogP contribution >= 0.6 is 0 Å². The normalized spacial score (nSPS) is 30.1. The standard InChI is InChI=1S/C14H28N2O/c1-5-13(3,4)12(17)16-14(10-15)8-6-11(2)7-9-14/h11H,5-10,15H2,1-4H3,(H,16,17). The molecule has 3 N–H and O–H groups in total. The lowest BCUT2D eigenvalue weighted by atomic mass is 9.76. The quantitative estimate of drug-likeness (QED) is 0.793. The number of carbonyl (C=O) groups is 1. The average Bonchev–Trinajstić information content (AvgIpc) is 2.32. The maximum absolute atomic E-state index is 12.2. The van der Waals surface area contributed by atoms with Gasteiger partial charge in [0, 0.05) is 12.0 Å². The Labute approximate surface area is 106 Å². The van der Waals surface area contributed by atoms with Crippen LogP contribution in [0.5, 0.6) is 0 Å². The van der Waals surface area contributed by atoms with Gasteiger partial charge >= 0.3 is 0 Å². The van der Waals surface area contributed by atoms with E-state index in [1.54, 1.807) is 0 Å². The largest absolute Gasteiger partial charge is 0.349 e. The molecule has 0 bridgehead atoms. The molecule has 3 heteroatoms. The van der Waals surface area contributed by atoms with Gasteiger partial charge in [0.05, 0.1) is 5.54 Å². The van der Waals surface area contributed by atoms with Crippen LogP contribution in [0.1, 0.15) is 59.8 Å². The van der Waals surface area contributed by atoms with Crippen LogP contribution in [0.15, 0.2) is 0 Å². The molecule has 100 valence electrons. The molecule has 3 nitrogen and oxygen atoms in total. The molecule has 0 aliphatic heterocycles. The van der Waals surface area contributed by atoms with Gasteiger partial charge in [0.2, 0.25) is 5.91 Å². The van der Waals surface area contributed by atoms with Crippen LogP contribution in [0.4, 0.5) is 0 Å². The average molecular weight is 240 g/mol. The highest BCUT2D eigenvalue weighted by Gasteiger charge is 2.37. The van der Waals surface area contributed by atoms with Crippen molar-refractivity contribution < 1.29 is 4.79 Å². The molecular weight excluding hydrogens is 212 g/mol. The van der Waals surface area contributed by atoms with Gasteiger partial charge in [0.1, 0.15) is 0 Å². The summed E-state index contributed by atoms with van der Waals surface area (Å²) in [7, 11) is 0. The minimum atomic E-state index is -0.286. The molecule has 0 aromatic heterocycles. The molecule has 0 aromatic carbocycles. The zero-order valence-electron chi connectivity index (χ0n) is 11.8. The monoisotopic (exact) mass is 240 g/mol. The smallest absolute Gasteiger partial charge is 0.226 e. The van der Waals surface area contributed by atoms with Crippen molar-refractivity contribution in [2.45, 2.75) is 65.3 Å². The Kier molecular flexibility index (Phi) is 4.59. The molecule has 1 fully saturated rings. The van der Waals surface area contributed by atoms with Crippen molar-refractivity contribution in [1.29, 1.82) is 0 Å². The van der Waals surface area contributed by atoms with Crippen LogP contribution in [0.25, 0.3) is 0 Å². The first-order valence-electron chi connectivity index (χ1n) is 6.88. The second-order valence-electron chi connectivity index (χ2n) is 6.36. The summed E-state index contributed by atoms with van der Waals surface area (Å²) in [5.74, 6) is 0.922. The van der Waals surface area contributed by atoms with Crippen LogP contribution in [0.3, 0.4) is 0 Å². The van der Waals surface area contributed by atoms with Crippen molar-refractivity contribution in [3.05, 3.63) is 0 Å². The Hall–Kier alpha value is -0.570. The fraction of sp³-hybridized carbons (Fsp3) is 0.929. The number of nitrogens with one attached hydrogen (secondary N) is 1. The first-order chi connectivity index (χ1) is 7.85. The maximum Gasteiger partial charge on any atom is 0.226 e. The minimum Gasteiger partial charge on any atom is -0.349 e. The third kappa shape index (κ3) is 3.44. The summed E-state index contributed by atoms with van der Waals surface area (Å²) in [6, 6.07) is 0. The fourth-order valence-electron chi connectivity index (χ4n) is 2.27. The van der Waals surface area contributed by atoms with E-state index in [1.165, 1.54) is 12.8 Å². The van der Waals surface area contributed by atoms with Gasteiger partial charge in [-0.15, -0.1) is 0 Å². The Morgan fingerprint density at radius 2 is 1.94 bits per heavy atom. The van der Waals surface area contributed by atoms with E-state index in [1.807, 2.05) is 13.8 Å². The lowest BCUT2D eigenvalue weighted by Gasteiger charge is -2.41. The Bertz CT molecular complexity index is 265. The first-order valence-corrected chi connectivity index (χ1v) is 6.88. The third-order valence-corrected chi connectivity index (χ3v) is 4.50. The summed E-state index contributed by atoms with van der Waals surface area (Å²) in [6.45, 7) is 8.89. The van der Waals surface area contributed by atoms with Gasteiger partial charge in [0.25, 0.3) is 0 Å². The highest BCUT2D eigenvalue weighted by molar-refractivity contribution is 5.82. The fourth-order valence-corrected chi connectivity index (χ4v) is 2.27. The molecule has 0 radical (unpaired) electrons. The molecular formula is C14H28N2O. The predicted molar refractivity (Wildman–Crippen MR) is 71.6 cm³/mol. The van der Waals surface area contributed by atoms with E-state index < -0.39 is 0 Å². The van der Waals surface area contributed by atoms with E-state index in [0.29, 0.717) is 6.54 Å². The van der Waals surface area contributed by atoms with Crippen LogP contribution in [-0.2, 0) is 4.79 Å². The molecule has 1 aliphatic rings. The van der Waals surface area contributed by atoms with E-state index in [2.05, 4.69) is 19.2 Å². The van der Waals surface area contributed by atoms with Gasteiger partial charge in [-0.3, -0.25) is 4.79 Å². The Morgan fingerprint density at radius 3 is 2.35 bits per heavy atom. The molecule has 0 unspecified atom stereocenters. The second-order valence-corrected chi connectivity index (χ2v) is 6.36. The maximum atomic E-state index is 12.2. The van der Waals surface area contributed by atoms with E-state index in [-0.39, 0.29) is 16.9 Å². The lowest BCUT2D eigenvalue weighted by molar-refractivity contribution is -0.132. The number of amides is 1. The summed E-state index contributed by atoms with van der Waals surface area (Å²) in [4.78, 5) is 12.2. The number of rotatable bonds is 4. The number of nitrogens with two attached hydrogens (primary N) is 1. The molecule has 1 saturated carbocycles. The van der Waals surface area contributed by atoms with Gasteiger partial charge in [0.15, 0.2) is 0 Å². The highest BCUT2D eigenvalue weighted by atomic mass is 16.2. The molecule has 1 aliphatic carbocycles. The Balaban J connectivity index is 2.67. The van der Waals surface area contributed by atoms with Gasteiger partial charge in [-0.1, -0.05) is 27.7 Å². The zero-order chi connectivity index (χ0) is 13.1. The molecule has 0 atom stereocenters. The minimum absolute atomic E-state index is 0.143. The van der Waals surface area contributed by atoms with E-state index >= 15 is 0 Å². The van der Waals surface area contributed by atoms with E-state index in [9.17, 15) is 4.79 Å². The van der Waals surface area contributed by atoms with Gasteiger partial charge in [-0.25, -0.2) is 0 Å². The molecule has 0 saturated heterocycles. The van der Waals surface area contributed by atoms with Crippen molar-refractivity contribution in [1.82, 2.24) is 5.32 Å². The molecule has 0 spiro atoms. The zero-order valence-corrected chi connectivity index (χ0v) is 11.8. The van der Waals surface area contributed by atoms with Crippen molar-refractivity contribution in [3.63, 3.8) is 0 Å². The van der Waals surface area contributed by atoms with Crippen LogP contribution < -0.4 is 11.1 Å². The van der Waals surface area contributed by atoms with Gasteiger partial charge < -0.3 is 11.1 Å². The van der Waals surface area contributed by atoms with Crippen molar-refractivity contribution in [3.8, 4) is 0 Å². The van der Waals surface area contributed by atoms with Crippen LogP contribution in [0, 0.1) is 11.3 Å². The first kappa shape index (κ1) is 14.5. The number of hydrogen-bond acceptors (Lipinski definition) is 2. The lowest BCUT2D eigenvalue weighted by Crippen LogP contribution is -2.58. The molecule has 1 rings (SSSR count). The van der Waals surface area contributed by atoms with E-state index in [4.69, 9.17) is 5.73 Å². The topological polar surface area (TPSA) is 55.1 Å². The van der Waals surface area contributed by atoms with E-state index in [0.717, 1.165) is 25.2 Å². The van der Waals surface area contributed by atoms with Crippen molar-refractivity contribution in [2.24, 2.45) is 17.1 Å². The molecule has 17 heavy (non-hydrogen) atoms. The predicted octanol–water partition coefficient (Wildman–Crippen LogP) is 2.45. The highest BCUT2D eigenvalue weighted by Crippen LogP contribution is 2.32. The summed E-state index contributed by atoms with van der Waals surface area (Å²) >= 11 is 0.